The number of imide groups is 1. The smallest absolute Gasteiger partial charge is 0.325 e. The van der Waals surface area contributed by atoms with Crippen molar-refractivity contribution in [3.63, 3.8) is 0 Å². The number of hydrogen-bond acceptors (Lipinski definition) is 6. The minimum Gasteiger partial charge on any atom is -0.419 e. The van der Waals surface area contributed by atoms with Crippen molar-refractivity contribution >= 4 is 23.7 Å². The monoisotopic (exact) mass is 344 g/mol. The van der Waals surface area contributed by atoms with E-state index in [1.165, 1.54) is 0 Å². The molecule has 3 heterocycles. The first-order valence-electron chi connectivity index (χ1n) is 7.69. The molecule has 2 saturated heterocycles. The summed E-state index contributed by atoms with van der Waals surface area (Å²) in [5.41, 5.74) is 1.19. The van der Waals surface area contributed by atoms with Gasteiger partial charge in [-0.3, -0.25) is 9.69 Å². The Hall–Kier alpha value is -2.35. The Balaban J connectivity index is 1.53. The van der Waals surface area contributed by atoms with Crippen LogP contribution in [-0.2, 0) is 11.3 Å². The van der Waals surface area contributed by atoms with Gasteiger partial charge in [0.1, 0.15) is 12.1 Å². The average Bonchev–Trinajstić information content (AvgIpc) is 3.27. The Labute approximate surface area is 142 Å². The quantitative estimate of drug-likeness (QED) is 0.857. The Morgan fingerprint density at radius 3 is 2.79 bits per heavy atom. The molecular weight excluding hydrogens is 328 g/mol. The summed E-state index contributed by atoms with van der Waals surface area (Å²) in [5, 5.41) is 10.8. The van der Waals surface area contributed by atoms with Gasteiger partial charge in [0.05, 0.1) is 0 Å². The second-order valence-electron chi connectivity index (χ2n) is 6.07. The maximum absolute atomic E-state index is 12.6. The Morgan fingerprint density at radius 1 is 1.29 bits per heavy atom. The third-order valence-electron chi connectivity index (χ3n) is 4.33. The van der Waals surface area contributed by atoms with Gasteiger partial charge in [0, 0.05) is 11.3 Å². The molecule has 1 aromatic carbocycles. The lowest BCUT2D eigenvalue weighted by atomic mass is 9.99. The molecule has 3 amide bonds. The van der Waals surface area contributed by atoms with E-state index in [9.17, 15) is 9.59 Å². The highest BCUT2D eigenvalue weighted by Crippen LogP contribution is 2.34. The maximum atomic E-state index is 12.6. The molecule has 1 atom stereocenters. The van der Waals surface area contributed by atoms with E-state index in [2.05, 4.69) is 15.5 Å². The van der Waals surface area contributed by atoms with Gasteiger partial charge in [0.25, 0.3) is 5.91 Å². The van der Waals surface area contributed by atoms with Gasteiger partial charge in [0.15, 0.2) is 0 Å². The molecule has 2 aliphatic heterocycles. The van der Waals surface area contributed by atoms with E-state index in [1.807, 2.05) is 31.2 Å². The van der Waals surface area contributed by atoms with Crippen molar-refractivity contribution in [3.05, 3.63) is 35.7 Å². The number of nitrogens with one attached hydrogen (secondary N) is 1. The molecule has 7 nitrogen and oxygen atoms in total. The molecule has 2 aliphatic rings. The zero-order valence-electron chi connectivity index (χ0n) is 13.1. The summed E-state index contributed by atoms with van der Waals surface area (Å²) in [5.74, 6) is 1.91. The fourth-order valence-electron chi connectivity index (χ4n) is 2.92. The van der Waals surface area contributed by atoms with Crippen LogP contribution in [0, 0.1) is 6.92 Å². The molecule has 0 aliphatic carbocycles. The van der Waals surface area contributed by atoms with E-state index in [0.717, 1.165) is 21.8 Å². The number of carbonyl (C=O) groups is 2. The molecule has 2 aromatic rings. The first-order valence-corrected chi connectivity index (χ1v) is 8.84. The summed E-state index contributed by atoms with van der Waals surface area (Å²) >= 11 is 1.67. The van der Waals surface area contributed by atoms with Gasteiger partial charge in [-0.1, -0.05) is 17.7 Å². The largest absolute Gasteiger partial charge is 0.419 e. The number of rotatable bonds is 3. The van der Waals surface area contributed by atoms with Gasteiger partial charge in [-0.2, -0.15) is 11.8 Å². The fourth-order valence-corrected chi connectivity index (χ4v) is 4.24. The van der Waals surface area contributed by atoms with Crippen LogP contribution < -0.4 is 5.32 Å². The predicted molar refractivity (Wildman–Crippen MR) is 88.2 cm³/mol. The van der Waals surface area contributed by atoms with Gasteiger partial charge < -0.3 is 9.73 Å². The Bertz CT molecular complexity index is 796. The predicted octanol–water partition coefficient (Wildman–Crippen LogP) is 1.97. The molecule has 2 fully saturated rings. The summed E-state index contributed by atoms with van der Waals surface area (Å²) in [7, 11) is 0. The van der Waals surface area contributed by atoms with E-state index in [1.54, 1.807) is 11.8 Å². The van der Waals surface area contributed by atoms with Crippen LogP contribution in [-0.4, -0.2) is 44.1 Å². The molecule has 124 valence electrons. The van der Waals surface area contributed by atoms with Crippen LogP contribution in [0.1, 0.15) is 17.9 Å². The fraction of sp³-hybridized carbons (Fsp3) is 0.375. The Kier molecular flexibility index (Phi) is 3.56. The third-order valence-corrected chi connectivity index (χ3v) is 5.52. The minimum absolute atomic E-state index is 0.00402. The molecular formula is C16H16N4O3S. The summed E-state index contributed by atoms with van der Waals surface area (Å²) in [6.07, 6.45) is 0.664. The van der Waals surface area contributed by atoms with Crippen LogP contribution in [0.15, 0.2) is 28.7 Å². The van der Waals surface area contributed by atoms with Crippen molar-refractivity contribution < 1.29 is 14.0 Å². The van der Waals surface area contributed by atoms with Crippen molar-refractivity contribution in [2.24, 2.45) is 0 Å². The molecule has 8 heteroatoms. The van der Waals surface area contributed by atoms with Crippen LogP contribution >= 0.6 is 11.8 Å². The van der Waals surface area contributed by atoms with E-state index in [4.69, 9.17) is 4.42 Å². The topological polar surface area (TPSA) is 88.3 Å². The van der Waals surface area contributed by atoms with Gasteiger partial charge in [0.2, 0.25) is 11.8 Å². The van der Waals surface area contributed by atoms with Gasteiger partial charge in [-0.05, 0) is 31.2 Å². The zero-order chi connectivity index (χ0) is 16.7. The Morgan fingerprint density at radius 2 is 2.08 bits per heavy atom. The highest BCUT2D eigenvalue weighted by molar-refractivity contribution is 7.99. The van der Waals surface area contributed by atoms with Crippen molar-refractivity contribution in [1.82, 2.24) is 20.4 Å². The molecule has 0 bridgehead atoms. The molecule has 0 saturated carbocycles. The van der Waals surface area contributed by atoms with E-state index in [0.29, 0.717) is 18.1 Å². The third kappa shape index (κ3) is 2.47. The van der Waals surface area contributed by atoms with E-state index >= 15 is 0 Å². The summed E-state index contributed by atoms with van der Waals surface area (Å²) in [6.45, 7) is 1.99. The first-order chi connectivity index (χ1) is 11.6. The number of hydrogen-bond donors (Lipinski definition) is 1. The number of aryl methyl sites for hydroxylation is 1. The minimum atomic E-state index is -0.748. The normalized spacial score (nSPS) is 23.3. The number of thioether (sulfide) groups is 1. The van der Waals surface area contributed by atoms with E-state index in [-0.39, 0.29) is 18.3 Å². The standard InChI is InChI=1S/C16H16N4O3S/c1-10-2-4-11(5-3-10)13-19-18-12(23-13)8-20-14(21)16(17-15(20)22)6-7-24-9-16/h2-5H,6-9H2,1H3,(H,17,22)/t16-/m1/s1. The first kappa shape index (κ1) is 15.2. The molecule has 1 aromatic heterocycles. The van der Waals surface area contributed by atoms with Crippen LogP contribution in [0.3, 0.4) is 0 Å². The maximum Gasteiger partial charge on any atom is 0.325 e. The lowest BCUT2D eigenvalue weighted by Gasteiger charge is -2.18. The number of aromatic nitrogens is 2. The molecule has 24 heavy (non-hydrogen) atoms. The zero-order valence-corrected chi connectivity index (χ0v) is 13.9. The SMILES string of the molecule is Cc1ccc(-c2nnc(CN3C(=O)N[C@@]4(CCSC4)C3=O)o2)cc1. The molecule has 4 rings (SSSR count). The summed E-state index contributed by atoms with van der Waals surface area (Å²) < 4.78 is 5.62. The lowest BCUT2D eigenvalue weighted by Crippen LogP contribution is -2.46. The van der Waals surface area contributed by atoms with Crippen LogP contribution in [0.2, 0.25) is 0 Å². The highest BCUT2D eigenvalue weighted by Gasteiger charge is 2.53. The molecule has 0 unspecified atom stereocenters. The van der Waals surface area contributed by atoms with Crippen LogP contribution in [0.5, 0.6) is 0 Å². The van der Waals surface area contributed by atoms with E-state index < -0.39 is 11.6 Å². The number of nitrogens with zero attached hydrogens (tertiary/aromatic N) is 3. The number of amides is 3. The lowest BCUT2D eigenvalue weighted by molar-refractivity contribution is -0.131. The van der Waals surface area contributed by atoms with Gasteiger partial charge in [-0.25, -0.2) is 4.79 Å². The average molecular weight is 344 g/mol. The van der Waals surface area contributed by atoms with Crippen molar-refractivity contribution in [2.45, 2.75) is 25.4 Å². The van der Waals surface area contributed by atoms with Gasteiger partial charge >= 0.3 is 6.03 Å². The number of carbonyl (C=O) groups excluding carboxylic acids is 2. The number of benzene rings is 1. The van der Waals surface area contributed by atoms with Crippen molar-refractivity contribution in [1.29, 1.82) is 0 Å². The molecule has 1 spiro atoms. The summed E-state index contributed by atoms with van der Waals surface area (Å²) in [6, 6.07) is 7.31. The second kappa shape index (κ2) is 5.62. The summed E-state index contributed by atoms with van der Waals surface area (Å²) in [4.78, 5) is 25.9. The van der Waals surface area contributed by atoms with Crippen molar-refractivity contribution in [3.8, 4) is 11.5 Å². The van der Waals surface area contributed by atoms with Crippen molar-refractivity contribution in [2.75, 3.05) is 11.5 Å². The molecule has 1 N–H and O–H groups in total. The van der Waals surface area contributed by atoms with Crippen LogP contribution in [0.25, 0.3) is 11.5 Å². The number of urea groups is 1. The molecule has 0 radical (unpaired) electrons. The van der Waals surface area contributed by atoms with Gasteiger partial charge in [-0.15, -0.1) is 10.2 Å². The van der Waals surface area contributed by atoms with Crippen LogP contribution in [0.4, 0.5) is 4.79 Å². The second-order valence-corrected chi connectivity index (χ2v) is 7.18. The highest BCUT2D eigenvalue weighted by atomic mass is 32.2.